The Kier molecular flexibility index (Phi) is 5.26. The molecule has 0 aromatic carbocycles. The van der Waals surface area contributed by atoms with E-state index in [1.165, 1.54) is 11.3 Å². The molecule has 0 unspecified atom stereocenters. The highest BCUT2D eigenvalue weighted by Gasteiger charge is 2.28. The molecule has 3 aromatic rings. The zero-order valence-corrected chi connectivity index (χ0v) is 16.0. The molecule has 140 valence electrons. The van der Waals surface area contributed by atoms with Gasteiger partial charge >= 0.3 is 0 Å². The summed E-state index contributed by atoms with van der Waals surface area (Å²) in [4.78, 5) is 23.7. The molecule has 8 heteroatoms. The maximum Gasteiger partial charge on any atom is 0.273 e. The van der Waals surface area contributed by atoms with Gasteiger partial charge in [-0.2, -0.15) is 5.10 Å². The van der Waals surface area contributed by atoms with Crippen molar-refractivity contribution in [2.24, 2.45) is 0 Å². The minimum Gasteiger partial charge on any atom is -0.333 e. The molecule has 0 spiro atoms. The average molecular weight is 382 g/mol. The number of thiazole rings is 1. The quantitative estimate of drug-likeness (QED) is 0.709. The van der Waals surface area contributed by atoms with E-state index in [1.807, 2.05) is 28.6 Å². The number of carbonyl (C=O) groups excluding carboxylic acids is 1. The van der Waals surface area contributed by atoms with Gasteiger partial charge in [0.05, 0.1) is 18.1 Å². The summed E-state index contributed by atoms with van der Waals surface area (Å²) in [6, 6.07) is 4.08. The van der Waals surface area contributed by atoms with Crippen molar-refractivity contribution in [3.05, 3.63) is 48.0 Å². The van der Waals surface area contributed by atoms with Crippen molar-refractivity contribution in [2.45, 2.75) is 25.8 Å². The third kappa shape index (κ3) is 3.77. The fraction of sp³-hybridized carbons (Fsp3) is 0.368. The van der Waals surface area contributed by atoms with Crippen molar-refractivity contribution < 1.29 is 4.79 Å². The van der Waals surface area contributed by atoms with E-state index in [1.54, 1.807) is 23.3 Å². The largest absolute Gasteiger partial charge is 0.333 e. The zero-order chi connectivity index (χ0) is 18.6. The topological polar surface area (TPSA) is 75.9 Å². The second kappa shape index (κ2) is 7.98. The first kappa shape index (κ1) is 17.8. The van der Waals surface area contributed by atoms with E-state index in [9.17, 15) is 4.79 Å². The van der Waals surface area contributed by atoms with Crippen molar-refractivity contribution >= 4 is 17.2 Å². The summed E-state index contributed by atoms with van der Waals surface area (Å²) in [6.07, 6.45) is 9.11. The van der Waals surface area contributed by atoms with Crippen LogP contribution in [0.1, 0.15) is 30.3 Å². The lowest BCUT2D eigenvalue weighted by Gasteiger charge is -2.27. The summed E-state index contributed by atoms with van der Waals surface area (Å²) < 4.78 is 1.76. The molecule has 1 amide bonds. The third-order valence-electron chi connectivity index (χ3n) is 4.66. The molecule has 1 fully saturated rings. The molecule has 4 heterocycles. The lowest BCUT2D eigenvalue weighted by molar-refractivity contribution is 0.0687. The Hall–Kier alpha value is -2.58. The fourth-order valence-corrected chi connectivity index (χ4v) is 4.08. The van der Waals surface area contributed by atoms with Gasteiger partial charge < -0.3 is 10.2 Å². The highest BCUT2D eigenvalue weighted by atomic mass is 32.1. The van der Waals surface area contributed by atoms with Crippen LogP contribution in [0.5, 0.6) is 0 Å². The third-order valence-corrected chi connectivity index (χ3v) is 5.56. The minimum absolute atomic E-state index is 0.0210. The van der Waals surface area contributed by atoms with Crippen molar-refractivity contribution in [3.8, 4) is 16.3 Å². The Balaban J connectivity index is 1.54. The summed E-state index contributed by atoms with van der Waals surface area (Å²) >= 11 is 1.47. The van der Waals surface area contributed by atoms with Gasteiger partial charge in [-0.25, -0.2) is 9.67 Å². The molecule has 1 atom stereocenters. The van der Waals surface area contributed by atoms with Gasteiger partial charge in [-0.3, -0.25) is 9.78 Å². The zero-order valence-electron chi connectivity index (χ0n) is 15.2. The van der Waals surface area contributed by atoms with Gasteiger partial charge in [0.2, 0.25) is 0 Å². The molecule has 1 aliphatic rings. The van der Waals surface area contributed by atoms with E-state index < -0.39 is 0 Å². The van der Waals surface area contributed by atoms with Crippen LogP contribution in [0, 0.1) is 0 Å². The minimum atomic E-state index is 0.0210. The monoisotopic (exact) mass is 382 g/mol. The number of carbonyl (C=O) groups is 1. The van der Waals surface area contributed by atoms with Crippen LogP contribution in [0.15, 0.2) is 42.3 Å². The Bertz CT molecular complexity index is 900. The van der Waals surface area contributed by atoms with Crippen molar-refractivity contribution in [1.82, 2.24) is 30.0 Å². The van der Waals surface area contributed by atoms with Crippen LogP contribution in [0.4, 0.5) is 0 Å². The molecule has 4 rings (SSSR count). The lowest BCUT2D eigenvalue weighted by Crippen LogP contribution is -2.42. The van der Waals surface area contributed by atoms with E-state index >= 15 is 0 Å². The van der Waals surface area contributed by atoms with E-state index in [2.05, 4.69) is 27.3 Å². The first-order chi connectivity index (χ1) is 13.3. The molecule has 1 N–H and O–H groups in total. The van der Waals surface area contributed by atoms with Crippen LogP contribution in [0.2, 0.25) is 0 Å². The Morgan fingerprint density at radius 2 is 2.37 bits per heavy atom. The molecule has 0 radical (unpaired) electrons. The molecule has 0 aliphatic carbocycles. The van der Waals surface area contributed by atoms with E-state index in [0.717, 1.165) is 48.7 Å². The van der Waals surface area contributed by atoms with E-state index in [0.29, 0.717) is 5.69 Å². The van der Waals surface area contributed by atoms with Gasteiger partial charge in [-0.05, 0) is 31.5 Å². The number of nitrogens with zero attached hydrogens (tertiary/aromatic N) is 5. The standard InChI is InChI=1S/C19H22N6OS/c1-2-8-24(15-5-7-21-10-15)19(26)17-13-27-18(23-17)14-9-22-25(12-14)16-4-3-6-20-11-16/h3-4,6,9,11-13,15,21H,2,5,7-8,10H2,1H3/t15-/m0/s1. The van der Waals surface area contributed by atoms with Crippen LogP contribution >= 0.6 is 11.3 Å². The number of amides is 1. The normalized spacial score (nSPS) is 16.6. The summed E-state index contributed by atoms with van der Waals surface area (Å²) in [7, 11) is 0. The van der Waals surface area contributed by atoms with Crippen molar-refractivity contribution in [3.63, 3.8) is 0 Å². The molecule has 0 bridgehead atoms. The van der Waals surface area contributed by atoms with Crippen LogP contribution in [-0.2, 0) is 0 Å². The van der Waals surface area contributed by atoms with Gasteiger partial charge in [0, 0.05) is 42.5 Å². The van der Waals surface area contributed by atoms with Crippen LogP contribution in [0.25, 0.3) is 16.3 Å². The second-order valence-corrected chi connectivity index (χ2v) is 7.43. The summed E-state index contributed by atoms with van der Waals surface area (Å²) in [5, 5.41) is 10.4. The van der Waals surface area contributed by atoms with Gasteiger partial charge in [-0.1, -0.05) is 6.92 Å². The summed E-state index contributed by atoms with van der Waals surface area (Å²) in [5.41, 5.74) is 2.30. The molecular formula is C19H22N6OS. The lowest BCUT2D eigenvalue weighted by atomic mass is 10.2. The number of hydrogen-bond donors (Lipinski definition) is 1. The molecular weight excluding hydrogens is 360 g/mol. The van der Waals surface area contributed by atoms with E-state index in [-0.39, 0.29) is 11.9 Å². The predicted octanol–water partition coefficient (Wildman–Crippen LogP) is 2.60. The van der Waals surface area contributed by atoms with Gasteiger partial charge in [0.1, 0.15) is 10.7 Å². The molecule has 1 aliphatic heterocycles. The Morgan fingerprint density at radius 1 is 1.44 bits per heavy atom. The number of aromatic nitrogens is 4. The number of nitrogens with one attached hydrogen (secondary N) is 1. The average Bonchev–Trinajstić information content (AvgIpc) is 3.47. The first-order valence-corrected chi connectivity index (χ1v) is 10.1. The molecule has 1 saturated heterocycles. The van der Waals surface area contributed by atoms with Gasteiger partial charge in [0.15, 0.2) is 0 Å². The molecule has 7 nitrogen and oxygen atoms in total. The van der Waals surface area contributed by atoms with Crippen molar-refractivity contribution in [2.75, 3.05) is 19.6 Å². The van der Waals surface area contributed by atoms with Crippen LogP contribution in [-0.4, -0.2) is 56.2 Å². The van der Waals surface area contributed by atoms with Crippen LogP contribution in [0.3, 0.4) is 0 Å². The Labute approximate surface area is 162 Å². The van der Waals surface area contributed by atoms with Crippen molar-refractivity contribution in [1.29, 1.82) is 0 Å². The second-order valence-electron chi connectivity index (χ2n) is 6.57. The molecule has 27 heavy (non-hydrogen) atoms. The first-order valence-electron chi connectivity index (χ1n) is 9.19. The summed E-state index contributed by atoms with van der Waals surface area (Å²) in [6.45, 7) is 4.69. The molecule has 0 saturated carbocycles. The number of rotatable bonds is 6. The van der Waals surface area contributed by atoms with Crippen LogP contribution < -0.4 is 5.32 Å². The van der Waals surface area contributed by atoms with Gasteiger partial charge in [0.25, 0.3) is 5.91 Å². The number of hydrogen-bond acceptors (Lipinski definition) is 6. The highest BCUT2D eigenvalue weighted by Crippen LogP contribution is 2.25. The van der Waals surface area contributed by atoms with E-state index in [4.69, 9.17) is 0 Å². The number of pyridine rings is 1. The predicted molar refractivity (Wildman–Crippen MR) is 105 cm³/mol. The smallest absolute Gasteiger partial charge is 0.273 e. The van der Waals surface area contributed by atoms with Gasteiger partial charge in [-0.15, -0.1) is 11.3 Å². The molecule has 3 aromatic heterocycles. The maximum absolute atomic E-state index is 13.0. The maximum atomic E-state index is 13.0. The Morgan fingerprint density at radius 3 is 3.11 bits per heavy atom. The fourth-order valence-electron chi connectivity index (χ4n) is 3.31. The SMILES string of the molecule is CCCN(C(=O)c1csc(-c2cnn(-c3cccnc3)c2)n1)[C@H]1CCNC1. The summed E-state index contributed by atoms with van der Waals surface area (Å²) in [5.74, 6) is 0.0210. The highest BCUT2D eigenvalue weighted by molar-refractivity contribution is 7.13.